The van der Waals surface area contributed by atoms with E-state index < -0.39 is 0 Å². The van der Waals surface area contributed by atoms with Gasteiger partial charge in [-0.3, -0.25) is 4.98 Å². The van der Waals surface area contributed by atoms with E-state index in [1.165, 1.54) is 5.56 Å². The molecule has 0 fully saturated rings. The first-order valence-electron chi connectivity index (χ1n) is 5.32. The number of aryl methyl sites for hydroxylation is 1. The lowest BCUT2D eigenvalue weighted by atomic mass is 10.2. The molecule has 2 N–H and O–H groups in total. The van der Waals surface area contributed by atoms with Gasteiger partial charge in [0.25, 0.3) is 0 Å². The maximum Gasteiger partial charge on any atom is 0.124 e. The highest BCUT2D eigenvalue weighted by Gasteiger charge is 2.09. The van der Waals surface area contributed by atoms with Gasteiger partial charge in [0, 0.05) is 18.0 Å². The number of hydrogen-bond donors (Lipinski definition) is 1. The second-order valence-corrected chi connectivity index (χ2v) is 4.90. The van der Waals surface area contributed by atoms with Crippen molar-refractivity contribution in [1.82, 2.24) is 9.97 Å². The van der Waals surface area contributed by atoms with Crippen LogP contribution in [0.1, 0.15) is 5.56 Å². The summed E-state index contributed by atoms with van der Waals surface area (Å²) in [6, 6.07) is 7.87. The average molecular weight is 241 g/mol. The molecule has 17 heavy (non-hydrogen) atoms. The third-order valence-electron chi connectivity index (χ3n) is 2.70. The van der Waals surface area contributed by atoms with Crippen LogP contribution < -0.4 is 5.73 Å². The Labute approximate surface area is 103 Å². The molecule has 0 aliphatic carbocycles. The number of nitrogens with zero attached hydrogens (tertiary/aromatic N) is 2. The van der Waals surface area contributed by atoms with Crippen molar-refractivity contribution in [1.29, 1.82) is 0 Å². The zero-order valence-corrected chi connectivity index (χ0v) is 10.2. The lowest BCUT2D eigenvalue weighted by Crippen LogP contribution is -1.87. The Morgan fingerprint density at radius 1 is 1.12 bits per heavy atom. The van der Waals surface area contributed by atoms with Gasteiger partial charge in [0.2, 0.25) is 0 Å². The van der Waals surface area contributed by atoms with Crippen LogP contribution >= 0.6 is 11.3 Å². The molecule has 0 radical (unpaired) electrons. The SMILES string of the molecule is Cc1ccc(N)c2nc(-c3ccncc3)sc12. The van der Waals surface area contributed by atoms with Gasteiger partial charge in [0.15, 0.2) is 0 Å². The lowest BCUT2D eigenvalue weighted by Gasteiger charge is -1.96. The molecule has 3 rings (SSSR count). The Balaban J connectivity index is 2.27. The molecule has 0 spiro atoms. The van der Waals surface area contributed by atoms with Crippen LogP contribution in [0.4, 0.5) is 5.69 Å². The Morgan fingerprint density at radius 3 is 2.59 bits per heavy atom. The van der Waals surface area contributed by atoms with Crippen molar-refractivity contribution in [3.63, 3.8) is 0 Å². The third kappa shape index (κ3) is 1.66. The molecular formula is C13H11N3S. The van der Waals surface area contributed by atoms with Crippen LogP contribution in [0.2, 0.25) is 0 Å². The maximum atomic E-state index is 5.95. The van der Waals surface area contributed by atoms with Gasteiger partial charge < -0.3 is 5.73 Å². The van der Waals surface area contributed by atoms with E-state index in [-0.39, 0.29) is 0 Å². The minimum absolute atomic E-state index is 0.738. The van der Waals surface area contributed by atoms with E-state index in [1.54, 1.807) is 23.7 Å². The largest absolute Gasteiger partial charge is 0.397 e. The Morgan fingerprint density at radius 2 is 1.88 bits per heavy atom. The molecule has 2 aromatic heterocycles. The first kappa shape index (κ1) is 10.2. The van der Waals surface area contributed by atoms with Crippen LogP contribution in [-0.2, 0) is 0 Å². The van der Waals surface area contributed by atoms with Crippen molar-refractivity contribution in [3.05, 3.63) is 42.2 Å². The molecule has 0 unspecified atom stereocenters. The molecule has 2 heterocycles. The highest BCUT2D eigenvalue weighted by Crippen LogP contribution is 2.34. The number of nitrogen functional groups attached to an aromatic ring is 1. The van der Waals surface area contributed by atoms with E-state index in [1.807, 2.05) is 24.3 Å². The van der Waals surface area contributed by atoms with Crippen molar-refractivity contribution in [2.45, 2.75) is 6.92 Å². The zero-order valence-electron chi connectivity index (χ0n) is 9.34. The third-order valence-corrected chi connectivity index (χ3v) is 3.94. The predicted octanol–water partition coefficient (Wildman–Crippen LogP) is 3.25. The molecule has 0 saturated heterocycles. The first-order valence-corrected chi connectivity index (χ1v) is 6.13. The van der Waals surface area contributed by atoms with E-state index in [2.05, 4.69) is 16.9 Å². The first-order chi connectivity index (χ1) is 8.25. The number of nitrogens with two attached hydrogens (primary N) is 1. The molecule has 0 aliphatic heterocycles. The molecule has 0 amide bonds. The van der Waals surface area contributed by atoms with E-state index >= 15 is 0 Å². The Kier molecular flexibility index (Phi) is 2.30. The number of anilines is 1. The maximum absolute atomic E-state index is 5.95. The van der Waals surface area contributed by atoms with Crippen LogP contribution in [-0.4, -0.2) is 9.97 Å². The average Bonchev–Trinajstić information content (AvgIpc) is 2.81. The topological polar surface area (TPSA) is 51.8 Å². The summed E-state index contributed by atoms with van der Waals surface area (Å²) in [4.78, 5) is 8.62. The fourth-order valence-electron chi connectivity index (χ4n) is 1.77. The number of pyridine rings is 1. The quantitative estimate of drug-likeness (QED) is 0.665. The highest BCUT2D eigenvalue weighted by atomic mass is 32.1. The van der Waals surface area contributed by atoms with Gasteiger partial charge in [-0.1, -0.05) is 6.07 Å². The summed E-state index contributed by atoms with van der Waals surface area (Å²) in [5, 5.41) is 0.989. The summed E-state index contributed by atoms with van der Waals surface area (Å²) in [5.41, 5.74) is 9.89. The van der Waals surface area contributed by atoms with Gasteiger partial charge in [-0.2, -0.15) is 0 Å². The predicted molar refractivity (Wildman–Crippen MR) is 72.0 cm³/mol. The van der Waals surface area contributed by atoms with Gasteiger partial charge in [0.1, 0.15) is 10.5 Å². The summed E-state index contributed by atoms with van der Waals surface area (Å²) in [6.45, 7) is 2.08. The van der Waals surface area contributed by atoms with Crippen LogP contribution in [0.5, 0.6) is 0 Å². The summed E-state index contributed by atoms with van der Waals surface area (Å²) in [6.07, 6.45) is 3.55. The standard InChI is InChI=1S/C13H11N3S/c1-8-2-3-10(14)11-12(8)17-13(16-11)9-4-6-15-7-5-9/h2-7H,14H2,1H3. The lowest BCUT2D eigenvalue weighted by molar-refractivity contribution is 1.32. The van der Waals surface area contributed by atoms with Crippen LogP contribution in [0, 0.1) is 6.92 Å². The van der Waals surface area contributed by atoms with Crippen LogP contribution in [0.25, 0.3) is 20.8 Å². The number of fused-ring (bicyclic) bond motifs is 1. The smallest absolute Gasteiger partial charge is 0.124 e. The second kappa shape index (κ2) is 3.82. The number of rotatable bonds is 1. The monoisotopic (exact) mass is 241 g/mol. The van der Waals surface area contributed by atoms with Crippen molar-refractivity contribution in [2.75, 3.05) is 5.73 Å². The minimum Gasteiger partial charge on any atom is -0.397 e. The highest BCUT2D eigenvalue weighted by molar-refractivity contribution is 7.22. The fourth-order valence-corrected chi connectivity index (χ4v) is 2.84. The number of thiazole rings is 1. The van der Waals surface area contributed by atoms with Crippen LogP contribution in [0.15, 0.2) is 36.7 Å². The summed E-state index contributed by atoms with van der Waals surface area (Å²) in [5.74, 6) is 0. The van der Waals surface area contributed by atoms with Crippen molar-refractivity contribution in [3.8, 4) is 10.6 Å². The van der Waals surface area contributed by atoms with E-state index in [0.717, 1.165) is 26.5 Å². The van der Waals surface area contributed by atoms with Crippen molar-refractivity contribution < 1.29 is 0 Å². The molecule has 0 atom stereocenters. The van der Waals surface area contributed by atoms with Crippen molar-refractivity contribution >= 4 is 27.2 Å². The molecule has 84 valence electrons. The number of benzene rings is 1. The Bertz CT molecular complexity index is 635. The fraction of sp³-hybridized carbons (Fsp3) is 0.0769. The Hall–Kier alpha value is -1.94. The molecular weight excluding hydrogens is 230 g/mol. The van der Waals surface area contributed by atoms with Gasteiger partial charge >= 0.3 is 0 Å². The van der Waals surface area contributed by atoms with Gasteiger partial charge in [-0.05, 0) is 30.7 Å². The van der Waals surface area contributed by atoms with E-state index in [4.69, 9.17) is 5.73 Å². The molecule has 0 saturated carbocycles. The summed E-state index contributed by atoms with van der Waals surface area (Å²) in [7, 11) is 0. The van der Waals surface area contributed by atoms with Crippen molar-refractivity contribution in [2.24, 2.45) is 0 Å². The molecule has 4 heteroatoms. The number of hydrogen-bond acceptors (Lipinski definition) is 4. The zero-order chi connectivity index (χ0) is 11.8. The summed E-state index contributed by atoms with van der Waals surface area (Å²) >= 11 is 1.67. The van der Waals surface area contributed by atoms with Gasteiger partial charge in [-0.25, -0.2) is 4.98 Å². The molecule has 0 bridgehead atoms. The van der Waals surface area contributed by atoms with E-state index in [0.29, 0.717) is 0 Å². The summed E-state index contributed by atoms with van der Waals surface area (Å²) < 4.78 is 1.16. The van der Waals surface area contributed by atoms with Gasteiger partial charge in [-0.15, -0.1) is 11.3 Å². The normalized spacial score (nSPS) is 10.9. The minimum atomic E-state index is 0.738. The molecule has 0 aliphatic rings. The molecule has 1 aromatic carbocycles. The van der Waals surface area contributed by atoms with E-state index in [9.17, 15) is 0 Å². The molecule has 3 nitrogen and oxygen atoms in total. The van der Waals surface area contributed by atoms with Gasteiger partial charge in [0.05, 0.1) is 10.4 Å². The number of aromatic nitrogens is 2. The molecule has 3 aromatic rings. The second-order valence-electron chi connectivity index (χ2n) is 3.90. The van der Waals surface area contributed by atoms with Crippen LogP contribution in [0.3, 0.4) is 0 Å².